The molecule has 25 heavy (non-hydrogen) atoms. The number of rotatable bonds is 4. The Kier molecular flexibility index (Phi) is 6.17. The highest BCUT2D eigenvalue weighted by molar-refractivity contribution is 5.83. The van der Waals surface area contributed by atoms with Gasteiger partial charge in [-0.3, -0.25) is 4.79 Å². The number of ether oxygens (including phenoxy) is 2. The van der Waals surface area contributed by atoms with Gasteiger partial charge in [0, 0.05) is 58.5 Å². The summed E-state index contributed by atoms with van der Waals surface area (Å²) in [6, 6.07) is -0.0862. The molecule has 7 heteroatoms. The molecular weight excluding hydrogens is 322 g/mol. The van der Waals surface area contributed by atoms with Crippen molar-refractivity contribution >= 4 is 11.9 Å². The van der Waals surface area contributed by atoms with Crippen LogP contribution in [-0.2, 0) is 14.3 Å². The summed E-state index contributed by atoms with van der Waals surface area (Å²) in [5.41, 5.74) is -0.120. The van der Waals surface area contributed by atoms with E-state index in [4.69, 9.17) is 9.47 Å². The first-order valence-corrected chi connectivity index (χ1v) is 9.54. The fourth-order valence-corrected chi connectivity index (χ4v) is 4.45. The van der Waals surface area contributed by atoms with Gasteiger partial charge in [-0.1, -0.05) is 0 Å². The van der Waals surface area contributed by atoms with E-state index < -0.39 is 0 Å². The van der Waals surface area contributed by atoms with Crippen molar-refractivity contribution in [3.05, 3.63) is 0 Å². The van der Waals surface area contributed by atoms with Gasteiger partial charge in [0.15, 0.2) is 0 Å². The molecule has 142 valence electrons. The Hall–Kier alpha value is -1.34. The van der Waals surface area contributed by atoms with Gasteiger partial charge in [0.25, 0.3) is 0 Å². The topological polar surface area (TPSA) is 71.1 Å². The van der Waals surface area contributed by atoms with E-state index >= 15 is 0 Å². The molecule has 3 heterocycles. The van der Waals surface area contributed by atoms with Gasteiger partial charge in [-0.15, -0.1) is 0 Å². The molecule has 0 radical (unpaired) electrons. The third kappa shape index (κ3) is 4.08. The molecule has 0 bridgehead atoms. The molecule has 3 fully saturated rings. The van der Waals surface area contributed by atoms with Crippen molar-refractivity contribution < 1.29 is 19.1 Å². The van der Waals surface area contributed by atoms with Crippen molar-refractivity contribution in [2.24, 2.45) is 11.3 Å². The van der Waals surface area contributed by atoms with E-state index in [0.29, 0.717) is 39.5 Å². The van der Waals surface area contributed by atoms with Crippen molar-refractivity contribution in [3.8, 4) is 0 Å². The van der Waals surface area contributed by atoms with E-state index in [0.717, 1.165) is 38.8 Å². The first-order valence-electron chi connectivity index (χ1n) is 9.54. The number of carbonyl (C=O) groups is 2. The molecule has 1 spiro atoms. The van der Waals surface area contributed by atoms with Crippen LogP contribution in [0.15, 0.2) is 0 Å². The lowest BCUT2D eigenvalue weighted by Gasteiger charge is -2.39. The van der Waals surface area contributed by atoms with Crippen molar-refractivity contribution in [3.63, 3.8) is 0 Å². The first kappa shape index (κ1) is 18.5. The van der Waals surface area contributed by atoms with Gasteiger partial charge in [-0.05, 0) is 32.1 Å². The Bertz CT molecular complexity index is 473. The Morgan fingerprint density at radius 2 is 1.88 bits per heavy atom. The van der Waals surface area contributed by atoms with E-state index in [1.165, 1.54) is 6.42 Å². The molecule has 1 atom stereocenters. The Morgan fingerprint density at radius 1 is 1.16 bits per heavy atom. The van der Waals surface area contributed by atoms with Gasteiger partial charge in [-0.2, -0.15) is 0 Å². The second-order valence-corrected chi connectivity index (χ2v) is 7.52. The zero-order valence-corrected chi connectivity index (χ0v) is 15.3. The highest BCUT2D eigenvalue weighted by atomic mass is 16.5. The lowest BCUT2D eigenvalue weighted by atomic mass is 9.71. The van der Waals surface area contributed by atoms with Gasteiger partial charge < -0.3 is 24.6 Å². The third-order valence-corrected chi connectivity index (χ3v) is 5.97. The van der Waals surface area contributed by atoms with Gasteiger partial charge >= 0.3 is 6.03 Å². The molecule has 0 aromatic carbocycles. The highest BCUT2D eigenvalue weighted by Crippen LogP contribution is 2.45. The highest BCUT2D eigenvalue weighted by Gasteiger charge is 2.52. The Morgan fingerprint density at radius 3 is 2.56 bits per heavy atom. The lowest BCUT2D eigenvalue weighted by molar-refractivity contribution is -0.141. The lowest BCUT2D eigenvalue weighted by Crippen LogP contribution is -2.47. The maximum Gasteiger partial charge on any atom is 0.317 e. The average Bonchev–Trinajstić information content (AvgIpc) is 3.01. The van der Waals surface area contributed by atoms with Crippen LogP contribution >= 0.6 is 0 Å². The number of amides is 3. The van der Waals surface area contributed by atoms with E-state index in [1.807, 2.05) is 9.80 Å². The summed E-state index contributed by atoms with van der Waals surface area (Å²) in [4.78, 5) is 29.6. The molecule has 3 amide bonds. The van der Waals surface area contributed by atoms with Crippen LogP contribution in [-0.4, -0.2) is 81.4 Å². The predicted molar refractivity (Wildman–Crippen MR) is 93.3 cm³/mol. The summed E-state index contributed by atoms with van der Waals surface area (Å²) in [5, 5.41) is 2.89. The minimum Gasteiger partial charge on any atom is -0.383 e. The number of piperidine rings is 1. The van der Waals surface area contributed by atoms with Crippen molar-refractivity contribution in [2.75, 3.05) is 59.7 Å². The molecule has 0 saturated carbocycles. The summed E-state index contributed by atoms with van der Waals surface area (Å²) in [6.07, 6.45) is 5.12. The Balaban J connectivity index is 1.69. The number of carbonyl (C=O) groups excluding carboxylic acids is 2. The molecule has 7 nitrogen and oxygen atoms in total. The molecule has 3 saturated heterocycles. The van der Waals surface area contributed by atoms with Crippen molar-refractivity contribution in [1.29, 1.82) is 0 Å². The van der Waals surface area contributed by atoms with Crippen LogP contribution in [0.3, 0.4) is 0 Å². The standard InChI is InChI=1S/C18H31N3O4/c1-24-12-7-19-17(23)21-13-15(16(22)20-8-3-2-4-9-20)18(14-21)5-10-25-11-6-18/h15H,2-14H2,1H3,(H,19,23). The van der Waals surface area contributed by atoms with Crippen LogP contribution in [0.4, 0.5) is 4.79 Å². The molecule has 0 aromatic heterocycles. The molecule has 0 aliphatic carbocycles. The summed E-state index contributed by atoms with van der Waals surface area (Å²) < 4.78 is 10.5. The monoisotopic (exact) mass is 353 g/mol. The van der Waals surface area contributed by atoms with Gasteiger partial charge in [-0.25, -0.2) is 4.79 Å². The second-order valence-electron chi connectivity index (χ2n) is 7.52. The smallest absolute Gasteiger partial charge is 0.317 e. The number of nitrogens with one attached hydrogen (secondary N) is 1. The fraction of sp³-hybridized carbons (Fsp3) is 0.889. The summed E-state index contributed by atoms with van der Waals surface area (Å²) in [5.74, 6) is 0.150. The molecule has 1 unspecified atom stereocenters. The van der Waals surface area contributed by atoms with E-state index in [-0.39, 0.29) is 23.3 Å². The first-order chi connectivity index (χ1) is 12.2. The number of urea groups is 1. The van der Waals surface area contributed by atoms with Gasteiger partial charge in [0.2, 0.25) is 5.91 Å². The molecular formula is C18H31N3O4. The third-order valence-electron chi connectivity index (χ3n) is 5.97. The number of nitrogens with zero attached hydrogens (tertiary/aromatic N) is 2. The normalized spacial score (nSPS) is 26.0. The van der Waals surface area contributed by atoms with E-state index in [2.05, 4.69) is 5.32 Å². The number of hydrogen-bond acceptors (Lipinski definition) is 4. The maximum absolute atomic E-state index is 13.2. The minimum absolute atomic E-state index is 0.0862. The van der Waals surface area contributed by atoms with Crippen LogP contribution in [0.5, 0.6) is 0 Å². The molecule has 3 rings (SSSR count). The van der Waals surface area contributed by atoms with Gasteiger partial charge in [0.1, 0.15) is 0 Å². The van der Waals surface area contributed by atoms with Crippen molar-refractivity contribution in [2.45, 2.75) is 32.1 Å². The summed E-state index contributed by atoms with van der Waals surface area (Å²) in [7, 11) is 1.62. The fourth-order valence-electron chi connectivity index (χ4n) is 4.45. The number of methoxy groups -OCH3 is 1. The van der Waals surface area contributed by atoms with E-state index in [1.54, 1.807) is 7.11 Å². The molecule has 3 aliphatic rings. The van der Waals surface area contributed by atoms with Crippen LogP contribution < -0.4 is 5.32 Å². The zero-order chi connectivity index (χ0) is 17.7. The zero-order valence-electron chi connectivity index (χ0n) is 15.3. The second kappa shape index (κ2) is 8.36. The van der Waals surface area contributed by atoms with Gasteiger partial charge in [0.05, 0.1) is 12.5 Å². The predicted octanol–water partition coefficient (Wildman–Crippen LogP) is 1.08. The average molecular weight is 353 g/mol. The van der Waals surface area contributed by atoms with Crippen LogP contribution in [0.25, 0.3) is 0 Å². The van der Waals surface area contributed by atoms with Crippen LogP contribution in [0.2, 0.25) is 0 Å². The largest absolute Gasteiger partial charge is 0.383 e. The minimum atomic E-state index is -0.120. The summed E-state index contributed by atoms with van der Waals surface area (Å²) >= 11 is 0. The summed E-state index contributed by atoms with van der Waals surface area (Å²) in [6.45, 7) is 5.25. The SMILES string of the molecule is COCCNC(=O)N1CC(C(=O)N2CCCCC2)C2(CCOCC2)C1. The molecule has 3 aliphatic heterocycles. The van der Waals surface area contributed by atoms with Crippen LogP contribution in [0.1, 0.15) is 32.1 Å². The molecule has 0 aromatic rings. The van der Waals surface area contributed by atoms with Crippen molar-refractivity contribution in [1.82, 2.24) is 15.1 Å². The number of likely N-dealkylation sites (tertiary alicyclic amines) is 2. The Labute approximate surface area is 150 Å². The quantitative estimate of drug-likeness (QED) is 0.768. The maximum atomic E-state index is 13.2. The number of hydrogen-bond donors (Lipinski definition) is 1. The van der Waals surface area contributed by atoms with Crippen LogP contribution in [0, 0.1) is 11.3 Å². The van der Waals surface area contributed by atoms with E-state index in [9.17, 15) is 9.59 Å². The molecule has 1 N–H and O–H groups in total.